The molecular formula is C51H31N3OS. The van der Waals surface area contributed by atoms with Crippen LogP contribution >= 0.6 is 11.3 Å². The van der Waals surface area contributed by atoms with Crippen LogP contribution < -0.4 is 0 Å². The molecule has 0 unspecified atom stereocenters. The first-order valence-electron chi connectivity index (χ1n) is 18.7. The minimum Gasteiger partial charge on any atom is -0.456 e. The highest BCUT2D eigenvalue weighted by atomic mass is 32.1. The van der Waals surface area contributed by atoms with Crippen molar-refractivity contribution in [3.8, 4) is 67.5 Å². The highest BCUT2D eigenvalue weighted by molar-refractivity contribution is 7.27. The summed E-state index contributed by atoms with van der Waals surface area (Å²) in [7, 11) is 0. The van der Waals surface area contributed by atoms with Crippen LogP contribution in [-0.2, 0) is 0 Å². The number of rotatable bonds is 6. The molecule has 4 nitrogen and oxygen atoms in total. The van der Waals surface area contributed by atoms with Crippen LogP contribution in [0.1, 0.15) is 0 Å². The smallest absolute Gasteiger partial charge is 0.164 e. The summed E-state index contributed by atoms with van der Waals surface area (Å²) in [6.45, 7) is 0. The van der Waals surface area contributed by atoms with Gasteiger partial charge in [0, 0.05) is 47.6 Å². The SMILES string of the molecule is c1ccc(-c2cccc(-c3ccc(-c4nc(-c5ccccc5)nc(-c5ccccc5)n4)c4c3sc3c(-c5ccc6oc7ccccc7c6c5)cccc34)c2)cc1. The van der Waals surface area contributed by atoms with E-state index in [0.717, 1.165) is 55.1 Å². The van der Waals surface area contributed by atoms with E-state index in [1.165, 1.54) is 37.0 Å². The molecule has 11 aromatic rings. The molecule has 0 fully saturated rings. The third-order valence-corrected chi connectivity index (χ3v) is 11.8. The van der Waals surface area contributed by atoms with Gasteiger partial charge in [0.15, 0.2) is 17.5 Å². The van der Waals surface area contributed by atoms with E-state index in [1.54, 1.807) is 0 Å². The van der Waals surface area contributed by atoms with E-state index in [0.29, 0.717) is 17.5 Å². The summed E-state index contributed by atoms with van der Waals surface area (Å²) in [5.41, 5.74) is 11.7. The fourth-order valence-corrected chi connectivity index (χ4v) is 9.26. The van der Waals surface area contributed by atoms with Crippen LogP contribution in [0.15, 0.2) is 192 Å². The summed E-state index contributed by atoms with van der Waals surface area (Å²) in [4.78, 5) is 15.4. The molecule has 0 radical (unpaired) electrons. The Morgan fingerprint density at radius 1 is 0.321 bits per heavy atom. The molecule has 0 N–H and O–H groups in total. The van der Waals surface area contributed by atoms with Gasteiger partial charge >= 0.3 is 0 Å². The molecule has 5 heteroatoms. The lowest BCUT2D eigenvalue weighted by Gasteiger charge is -2.12. The molecule has 3 aromatic heterocycles. The third-order valence-electron chi connectivity index (χ3n) is 10.6. The lowest BCUT2D eigenvalue weighted by atomic mass is 9.95. The molecule has 0 aliphatic carbocycles. The van der Waals surface area contributed by atoms with E-state index in [1.807, 2.05) is 59.9 Å². The summed E-state index contributed by atoms with van der Waals surface area (Å²) in [6.07, 6.45) is 0. The van der Waals surface area contributed by atoms with E-state index in [2.05, 4.69) is 140 Å². The molecule has 0 spiro atoms. The van der Waals surface area contributed by atoms with Crippen molar-refractivity contribution in [3.05, 3.63) is 188 Å². The molecule has 0 amide bonds. The maximum atomic E-state index is 6.22. The molecule has 0 atom stereocenters. The zero-order valence-electron chi connectivity index (χ0n) is 30.1. The monoisotopic (exact) mass is 733 g/mol. The quantitative estimate of drug-likeness (QED) is 0.171. The fourth-order valence-electron chi connectivity index (χ4n) is 7.86. The second-order valence-corrected chi connectivity index (χ2v) is 15.0. The van der Waals surface area contributed by atoms with E-state index in [4.69, 9.17) is 19.4 Å². The minimum absolute atomic E-state index is 0.642. The van der Waals surface area contributed by atoms with Crippen LogP contribution in [0.2, 0.25) is 0 Å². The van der Waals surface area contributed by atoms with Crippen molar-refractivity contribution in [1.82, 2.24) is 15.0 Å². The van der Waals surface area contributed by atoms with Crippen LogP contribution in [-0.4, -0.2) is 15.0 Å². The van der Waals surface area contributed by atoms with Gasteiger partial charge in [0.05, 0.1) is 0 Å². The van der Waals surface area contributed by atoms with E-state index >= 15 is 0 Å². The van der Waals surface area contributed by atoms with Crippen molar-refractivity contribution < 1.29 is 4.42 Å². The van der Waals surface area contributed by atoms with Crippen molar-refractivity contribution in [3.63, 3.8) is 0 Å². The van der Waals surface area contributed by atoms with Gasteiger partial charge in [0.25, 0.3) is 0 Å². The van der Waals surface area contributed by atoms with Gasteiger partial charge in [0.1, 0.15) is 11.2 Å². The number of hydrogen-bond donors (Lipinski definition) is 0. The number of furan rings is 1. The predicted octanol–water partition coefficient (Wildman–Crippen LogP) is 14.1. The lowest BCUT2D eigenvalue weighted by Crippen LogP contribution is -2.00. The highest BCUT2D eigenvalue weighted by Gasteiger charge is 2.22. The van der Waals surface area contributed by atoms with Gasteiger partial charge in [-0.15, -0.1) is 11.3 Å². The van der Waals surface area contributed by atoms with Crippen LogP contribution in [0.3, 0.4) is 0 Å². The maximum absolute atomic E-state index is 6.22. The zero-order chi connectivity index (χ0) is 37.0. The van der Waals surface area contributed by atoms with Gasteiger partial charge in [-0.1, -0.05) is 158 Å². The molecule has 0 bridgehead atoms. The first-order chi connectivity index (χ1) is 27.7. The number of para-hydroxylation sites is 1. The van der Waals surface area contributed by atoms with Gasteiger partial charge in [-0.25, -0.2) is 15.0 Å². The van der Waals surface area contributed by atoms with Crippen LogP contribution in [0.25, 0.3) is 110 Å². The Hall–Kier alpha value is -7.21. The molecule has 56 heavy (non-hydrogen) atoms. The predicted molar refractivity (Wildman–Crippen MR) is 233 cm³/mol. The van der Waals surface area contributed by atoms with Gasteiger partial charge in [-0.05, 0) is 63.7 Å². The summed E-state index contributed by atoms with van der Waals surface area (Å²) in [6, 6.07) is 65.7. The molecule has 262 valence electrons. The normalized spacial score (nSPS) is 11.6. The van der Waals surface area contributed by atoms with Gasteiger partial charge < -0.3 is 4.42 Å². The largest absolute Gasteiger partial charge is 0.456 e. The molecule has 3 heterocycles. The highest BCUT2D eigenvalue weighted by Crippen LogP contribution is 2.48. The number of nitrogens with zero attached hydrogens (tertiary/aromatic N) is 3. The average molecular weight is 734 g/mol. The van der Waals surface area contributed by atoms with Crippen molar-refractivity contribution in [2.45, 2.75) is 0 Å². The second-order valence-electron chi connectivity index (χ2n) is 13.9. The maximum Gasteiger partial charge on any atom is 0.164 e. The Balaban J connectivity index is 1.19. The molecule has 8 aromatic carbocycles. The first-order valence-corrected chi connectivity index (χ1v) is 19.5. The Kier molecular flexibility index (Phi) is 7.64. The second kappa shape index (κ2) is 13.3. The van der Waals surface area contributed by atoms with Gasteiger partial charge in [0.2, 0.25) is 0 Å². The topological polar surface area (TPSA) is 51.8 Å². The third kappa shape index (κ3) is 5.48. The molecule has 0 aliphatic rings. The number of aromatic nitrogens is 3. The van der Waals surface area contributed by atoms with Crippen molar-refractivity contribution >= 4 is 53.4 Å². The Morgan fingerprint density at radius 3 is 1.61 bits per heavy atom. The van der Waals surface area contributed by atoms with Gasteiger partial charge in [-0.2, -0.15) is 0 Å². The first kappa shape index (κ1) is 32.2. The number of benzene rings is 8. The van der Waals surface area contributed by atoms with Crippen molar-refractivity contribution in [1.29, 1.82) is 0 Å². The van der Waals surface area contributed by atoms with Crippen LogP contribution in [0.5, 0.6) is 0 Å². The Bertz CT molecular complexity index is 3180. The molecule has 0 saturated heterocycles. The fraction of sp³-hybridized carbons (Fsp3) is 0. The molecule has 0 saturated carbocycles. The average Bonchev–Trinajstić information content (AvgIpc) is 3.86. The number of thiophene rings is 1. The number of fused-ring (bicyclic) bond motifs is 6. The minimum atomic E-state index is 0.642. The zero-order valence-corrected chi connectivity index (χ0v) is 30.9. The summed E-state index contributed by atoms with van der Waals surface area (Å²) in [5.74, 6) is 1.93. The Labute approximate surface area is 327 Å². The van der Waals surface area contributed by atoms with E-state index in [-0.39, 0.29) is 0 Å². The lowest BCUT2D eigenvalue weighted by molar-refractivity contribution is 0.669. The Morgan fingerprint density at radius 2 is 0.857 bits per heavy atom. The van der Waals surface area contributed by atoms with E-state index in [9.17, 15) is 0 Å². The van der Waals surface area contributed by atoms with Crippen molar-refractivity contribution in [2.24, 2.45) is 0 Å². The molecule has 11 rings (SSSR count). The molecule has 0 aliphatic heterocycles. The molecular weight excluding hydrogens is 703 g/mol. The summed E-state index contributed by atoms with van der Waals surface area (Å²) >= 11 is 1.83. The van der Waals surface area contributed by atoms with Crippen molar-refractivity contribution in [2.75, 3.05) is 0 Å². The summed E-state index contributed by atoms with van der Waals surface area (Å²) < 4.78 is 8.62. The van der Waals surface area contributed by atoms with Gasteiger partial charge in [-0.3, -0.25) is 0 Å². The standard InChI is InChI=1S/C51H31N3OS/c1-4-14-32(15-5-1)35-20-12-21-36(30-35)39-27-28-42(51-53-49(33-16-6-2-7-17-33)52-50(54-51)34-18-8-3-9-19-34)46-41-24-13-23-38(47(41)56-48(39)46)37-26-29-45-43(31-37)40-22-10-11-25-44(40)55-45/h1-31H. The summed E-state index contributed by atoms with van der Waals surface area (Å²) in [5, 5.41) is 4.53. The van der Waals surface area contributed by atoms with E-state index < -0.39 is 0 Å². The van der Waals surface area contributed by atoms with Crippen LogP contribution in [0, 0.1) is 0 Å². The number of hydrogen-bond acceptors (Lipinski definition) is 5. The van der Waals surface area contributed by atoms with Crippen LogP contribution in [0.4, 0.5) is 0 Å².